The van der Waals surface area contributed by atoms with Gasteiger partial charge in [0.05, 0.1) is 23.2 Å². The molecule has 0 radical (unpaired) electrons. The van der Waals surface area contributed by atoms with E-state index in [2.05, 4.69) is 20.4 Å². The van der Waals surface area contributed by atoms with Crippen molar-refractivity contribution in [2.24, 2.45) is 0 Å². The summed E-state index contributed by atoms with van der Waals surface area (Å²) in [4.78, 5) is 16.5. The van der Waals surface area contributed by atoms with Crippen LogP contribution in [-0.2, 0) is 11.0 Å². The van der Waals surface area contributed by atoms with E-state index in [-0.39, 0.29) is 24.2 Å². The zero-order chi connectivity index (χ0) is 24.3. The number of rotatable bonds is 6. The number of nitrogens with one attached hydrogen (secondary N) is 1. The van der Waals surface area contributed by atoms with Crippen molar-refractivity contribution in [2.75, 3.05) is 38.0 Å². The van der Waals surface area contributed by atoms with E-state index in [9.17, 15) is 18.0 Å². The lowest BCUT2D eigenvalue weighted by molar-refractivity contribution is -0.137. The van der Waals surface area contributed by atoms with Crippen molar-refractivity contribution in [3.8, 4) is 11.5 Å². The van der Waals surface area contributed by atoms with Gasteiger partial charge in [-0.1, -0.05) is 29.8 Å². The van der Waals surface area contributed by atoms with E-state index in [4.69, 9.17) is 16.0 Å². The molecule has 3 aromatic rings. The third-order valence-corrected chi connectivity index (χ3v) is 6.03. The molecule has 0 spiro atoms. The van der Waals surface area contributed by atoms with Gasteiger partial charge < -0.3 is 9.73 Å². The molecule has 1 atom stereocenters. The first-order chi connectivity index (χ1) is 16.2. The quantitative estimate of drug-likeness (QED) is 0.535. The molecule has 1 aliphatic rings. The molecule has 1 N–H and O–H groups in total. The number of nitrogens with zero attached hydrogens (tertiary/aromatic N) is 4. The number of piperazine rings is 1. The van der Waals surface area contributed by atoms with E-state index >= 15 is 0 Å². The molecular formula is C23H23ClF3N5O2. The number of hydrogen-bond donors (Lipinski definition) is 1. The molecule has 2 heterocycles. The number of anilines is 1. The Morgan fingerprint density at radius 1 is 1.12 bits per heavy atom. The molecule has 0 unspecified atom stereocenters. The van der Waals surface area contributed by atoms with Crippen molar-refractivity contribution >= 4 is 23.2 Å². The van der Waals surface area contributed by atoms with Gasteiger partial charge in [0, 0.05) is 37.4 Å². The molecule has 0 aliphatic carbocycles. The van der Waals surface area contributed by atoms with Crippen LogP contribution < -0.4 is 5.32 Å². The molecule has 1 aromatic heterocycles. The van der Waals surface area contributed by atoms with Gasteiger partial charge in [0.15, 0.2) is 0 Å². The zero-order valence-corrected chi connectivity index (χ0v) is 19.1. The third kappa shape index (κ3) is 5.75. The highest BCUT2D eigenvalue weighted by molar-refractivity contribution is 6.31. The van der Waals surface area contributed by atoms with Crippen LogP contribution in [0.5, 0.6) is 0 Å². The van der Waals surface area contributed by atoms with Gasteiger partial charge in [-0.15, -0.1) is 10.2 Å². The summed E-state index contributed by atoms with van der Waals surface area (Å²) in [5.74, 6) is 0.600. The lowest BCUT2D eigenvalue weighted by Crippen LogP contribution is -2.49. The minimum absolute atomic E-state index is 0.0552. The molecular weight excluding hydrogens is 471 g/mol. The summed E-state index contributed by atoms with van der Waals surface area (Å²) in [7, 11) is 0. The number of halogens is 4. The second-order valence-corrected chi connectivity index (χ2v) is 8.45. The molecule has 0 bridgehead atoms. The van der Waals surface area contributed by atoms with Crippen molar-refractivity contribution in [3.63, 3.8) is 0 Å². The van der Waals surface area contributed by atoms with Gasteiger partial charge in [-0.25, -0.2) is 0 Å². The maximum atomic E-state index is 13.0. The summed E-state index contributed by atoms with van der Waals surface area (Å²) in [6.07, 6.45) is -4.59. The molecule has 1 fully saturated rings. The number of benzene rings is 2. The van der Waals surface area contributed by atoms with Gasteiger partial charge in [-0.3, -0.25) is 14.6 Å². The lowest BCUT2D eigenvalue weighted by Gasteiger charge is -2.36. The Bertz CT molecular complexity index is 1130. The smallest absolute Gasteiger partial charge is 0.417 e. The second-order valence-electron chi connectivity index (χ2n) is 8.04. The van der Waals surface area contributed by atoms with Gasteiger partial charge in [0.2, 0.25) is 17.7 Å². The van der Waals surface area contributed by atoms with E-state index in [1.807, 2.05) is 42.2 Å². The molecule has 11 heteroatoms. The normalized spacial score (nSPS) is 16.4. The van der Waals surface area contributed by atoms with Gasteiger partial charge in [-0.05, 0) is 37.3 Å². The molecule has 34 heavy (non-hydrogen) atoms. The van der Waals surface area contributed by atoms with Crippen molar-refractivity contribution in [1.82, 2.24) is 20.0 Å². The Labute approximate surface area is 199 Å². The molecule has 1 saturated heterocycles. The SMILES string of the molecule is C[C@H](c1nnc(-c2ccccc2)o1)N1CCN(CC(=O)Nc2ccc(Cl)c(C(F)(F)F)c2)CC1. The van der Waals surface area contributed by atoms with E-state index < -0.39 is 16.8 Å². The number of carbonyl (C=O) groups excluding carboxylic acids is 1. The fraction of sp³-hybridized carbons (Fsp3) is 0.348. The van der Waals surface area contributed by atoms with Crippen LogP contribution in [0.4, 0.5) is 18.9 Å². The van der Waals surface area contributed by atoms with E-state index in [0.717, 1.165) is 17.7 Å². The van der Waals surface area contributed by atoms with Crippen LogP contribution in [0.2, 0.25) is 5.02 Å². The minimum atomic E-state index is -4.59. The summed E-state index contributed by atoms with van der Waals surface area (Å²) >= 11 is 5.63. The highest BCUT2D eigenvalue weighted by Gasteiger charge is 2.33. The van der Waals surface area contributed by atoms with E-state index in [1.54, 1.807) is 0 Å². The van der Waals surface area contributed by atoms with Gasteiger partial charge >= 0.3 is 6.18 Å². The Balaban J connectivity index is 1.29. The maximum Gasteiger partial charge on any atom is 0.417 e. The van der Waals surface area contributed by atoms with Crippen LogP contribution in [0, 0.1) is 0 Å². The highest BCUT2D eigenvalue weighted by atomic mass is 35.5. The summed E-state index contributed by atoms with van der Waals surface area (Å²) in [6.45, 7) is 4.65. The lowest BCUT2D eigenvalue weighted by atomic mass is 10.2. The van der Waals surface area contributed by atoms with Crippen molar-refractivity contribution in [3.05, 3.63) is 65.0 Å². The fourth-order valence-electron chi connectivity index (χ4n) is 3.79. The molecule has 2 aromatic carbocycles. The number of alkyl halides is 3. The standard InChI is InChI=1S/C23H23ClF3N5O2/c1-15(21-29-30-22(34-21)16-5-3-2-4-6-16)32-11-9-31(10-12-32)14-20(33)28-17-7-8-19(24)18(13-17)23(25,26)27/h2-8,13,15H,9-12,14H2,1H3,(H,28,33)/t15-/m1/s1. The zero-order valence-electron chi connectivity index (χ0n) is 18.3. The number of hydrogen-bond acceptors (Lipinski definition) is 6. The monoisotopic (exact) mass is 493 g/mol. The van der Waals surface area contributed by atoms with Crippen LogP contribution in [0.3, 0.4) is 0 Å². The van der Waals surface area contributed by atoms with Gasteiger partial charge in [0.1, 0.15) is 0 Å². The average Bonchev–Trinajstić information content (AvgIpc) is 3.30. The fourth-order valence-corrected chi connectivity index (χ4v) is 4.01. The van der Waals surface area contributed by atoms with Crippen molar-refractivity contribution in [1.29, 1.82) is 0 Å². The molecule has 1 amide bonds. The summed E-state index contributed by atoms with van der Waals surface area (Å²) < 4.78 is 44.9. The van der Waals surface area contributed by atoms with Gasteiger partial charge in [0.25, 0.3) is 0 Å². The average molecular weight is 494 g/mol. The van der Waals surface area contributed by atoms with Crippen LogP contribution in [-0.4, -0.2) is 58.6 Å². The predicted molar refractivity (Wildman–Crippen MR) is 121 cm³/mol. The van der Waals surface area contributed by atoms with Crippen LogP contribution in [0.1, 0.15) is 24.4 Å². The Morgan fingerprint density at radius 3 is 2.50 bits per heavy atom. The first kappa shape index (κ1) is 24.2. The minimum Gasteiger partial charge on any atom is -0.419 e. The van der Waals surface area contributed by atoms with Crippen LogP contribution in [0.15, 0.2) is 52.9 Å². The number of carbonyl (C=O) groups is 1. The molecule has 0 saturated carbocycles. The third-order valence-electron chi connectivity index (χ3n) is 5.70. The van der Waals surface area contributed by atoms with Crippen LogP contribution in [0.25, 0.3) is 11.5 Å². The van der Waals surface area contributed by atoms with Gasteiger partial charge in [-0.2, -0.15) is 13.2 Å². The molecule has 1 aliphatic heterocycles. The summed E-state index contributed by atoms with van der Waals surface area (Å²) in [5.41, 5.74) is -0.0714. The maximum absolute atomic E-state index is 13.0. The predicted octanol–water partition coefficient (Wildman–Crippen LogP) is 4.73. The summed E-state index contributed by atoms with van der Waals surface area (Å²) in [5, 5.41) is 10.4. The molecule has 7 nitrogen and oxygen atoms in total. The first-order valence-electron chi connectivity index (χ1n) is 10.7. The largest absolute Gasteiger partial charge is 0.419 e. The van der Waals surface area contributed by atoms with E-state index in [1.165, 1.54) is 6.07 Å². The Kier molecular flexibility index (Phi) is 7.20. The van der Waals surface area contributed by atoms with Crippen molar-refractivity contribution < 1.29 is 22.4 Å². The summed E-state index contributed by atoms with van der Waals surface area (Å²) in [6, 6.07) is 12.8. The second kappa shape index (κ2) is 10.1. The topological polar surface area (TPSA) is 74.5 Å². The van der Waals surface area contributed by atoms with Crippen LogP contribution >= 0.6 is 11.6 Å². The number of aromatic nitrogens is 2. The first-order valence-corrected chi connectivity index (χ1v) is 11.1. The Hall–Kier alpha value is -2.95. The van der Waals surface area contributed by atoms with E-state index in [0.29, 0.717) is 38.0 Å². The molecule has 4 rings (SSSR count). The molecule has 180 valence electrons. The van der Waals surface area contributed by atoms with Crippen molar-refractivity contribution in [2.45, 2.75) is 19.1 Å². The number of amides is 1. The Morgan fingerprint density at radius 2 is 1.82 bits per heavy atom. The highest BCUT2D eigenvalue weighted by Crippen LogP contribution is 2.36.